The number of hydrogen-bond donors (Lipinski definition) is 0. The van der Waals surface area contributed by atoms with Gasteiger partial charge in [0, 0.05) is 46.4 Å². The number of methoxy groups -OCH3 is 1. The molecule has 3 heteroatoms. The van der Waals surface area contributed by atoms with Gasteiger partial charge >= 0.3 is 0 Å². The largest absolute Gasteiger partial charge is 0.496 e. The quantitative estimate of drug-likeness (QED) is 0.675. The van der Waals surface area contributed by atoms with E-state index in [-0.39, 0.29) is 5.75 Å². The zero-order chi connectivity index (χ0) is 31.1. The molecule has 0 saturated heterocycles. The number of aryl methyl sites for hydroxylation is 1. The molecular formula is C23H31NO2. The van der Waals surface area contributed by atoms with Crippen LogP contribution in [0, 0.1) is 6.92 Å². The fraction of sp³-hybridized carbons (Fsp3) is 0.435. The lowest BCUT2D eigenvalue weighted by Crippen LogP contribution is -2.42. The summed E-state index contributed by atoms with van der Waals surface area (Å²) in [6.07, 6.45) is -0.886. The van der Waals surface area contributed by atoms with Gasteiger partial charge in [0.1, 0.15) is 5.75 Å². The van der Waals surface area contributed by atoms with Crippen LogP contribution in [-0.4, -0.2) is 30.0 Å². The topological polar surface area (TPSA) is 29.5 Å². The third-order valence-electron chi connectivity index (χ3n) is 4.04. The van der Waals surface area contributed by atoms with E-state index in [0.29, 0.717) is 11.1 Å². The van der Waals surface area contributed by atoms with E-state index in [1.165, 1.54) is 7.11 Å². The number of carbonyl (C=O) groups excluding carboxylic acids is 1. The summed E-state index contributed by atoms with van der Waals surface area (Å²) >= 11 is 0. The molecule has 0 radical (unpaired) electrons. The molecule has 0 aliphatic rings. The number of carbonyl (C=O) groups is 1. The van der Waals surface area contributed by atoms with Crippen molar-refractivity contribution in [2.24, 2.45) is 0 Å². The summed E-state index contributed by atoms with van der Waals surface area (Å²) in [4.78, 5) is 13.5. The predicted octanol–water partition coefficient (Wildman–Crippen LogP) is 5.17. The van der Waals surface area contributed by atoms with Crippen molar-refractivity contribution in [2.45, 2.75) is 58.7 Å². The van der Waals surface area contributed by atoms with Gasteiger partial charge in [-0.3, -0.25) is 4.79 Å². The van der Waals surface area contributed by atoms with Gasteiger partial charge in [0.05, 0.1) is 9.85 Å². The first-order chi connectivity index (χ1) is 17.9. The average molecular weight is 368 g/mol. The van der Waals surface area contributed by atoms with Crippen LogP contribution in [0.4, 0.5) is 0 Å². The molecule has 140 valence electrons. The smallest absolute Gasteiger partial charge is 0.223 e. The summed E-state index contributed by atoms with van der Waals surface area (Å²) in [7, 11) is 1.36. The van der Waals surface area contributed by atoms with Crippen molar-refractivity contribution in [1.82, 2.24) is 4.90 Å². The van der Waals surface area contributed by atoms with Crippen molar-refractivity contribution >= 4 is 5.91 Å². The second-order valence-corrected chi connectivity index (χ2v) is 5.84. The van der Waals surface area contributed by atoms with Crippen LogP contribution in [0.15, 0.2) is 48.5 Å². The van der Waals surface area contributed by atoms with Crippen LogP contribution in [0.25, 0.3) is 0 Å². The van der Waals surface area contributed by atoms with E-state index in [1.807, 2.05) is 0 Å². The molecule has 0 aliphatic heterocycles. The number of rotatable bonds is 7. The molecule has 0 heterocycles. The maximum absolute atomic E-state index is 14.1. The number of ether oxygens (including phenoxy) is 1. The van der Waals surface area contributed by atoms with E-state index in [1.54, 1.807) is 55.5 Å². The molecule has 0 spiro atoms. The predicted molar refractivity (Wildman–Crippen MR) is 108 cm³/mol. The summed E-state index contributed by atoms with van der Waals surface area (Å²) in [6.45, 7) is -14.1. The van der Waals surface area contributed by atoms with Crippen molar-refractivity contribution in [2.75, 3.05) is 7.11 Å². The highest BCUT2D eigenvalue weighted by Crippen LogP contribution is 2.35. The molecule has 1 amide bonds. The summed E-state index contributed by atoms with van der Waals surface area (Å²) in [5.74, 6) is -2.39. The number of nitrogens with zero attached hydrogens (tertiary/aromatic N) is 1. The van der Waals surface area contributed by atoms with Crippen molar-refractivity contribution in [3.63, 3.8) is 0 Å². The minimum absolute atomic E-state index is 0.284. The first-order valence-corrected chi connectivity index (χ1v) is 7.98. The summed E-state index contributed by atoms with van der Waals surface area (Å²) in [5, 5.41) is 0. The Labute approximate surface area is 177 Å². The lowest BCUT2D eigenvalue weighted by atomic mass is 9.86. The number of benzene rings is 2. The zero-order valence-corrected chi connectivity index (χ0v) is 14.7. The second-order valence-electron chi connectivity index (χ2n) is 5.84. The summed E-state index contributed by atoms with van der Waals surface area (Å²) in [6, 6.07) is 4.86. The summed E-state index contributed by atoms with van der Waals surface area (Å²) < 4.78 is 117. The van der Waals surface area contributed by atoms with E-state index >= 15 is 0 Å². The van der Waals surface area contributed by atoms with Crippen molar-refractivity contribution < 1.29 is 28.7 Å². The van der Waals surface area contributed by atoms with E-state index in [4.69, 9.17) is 23.9 Å². The first kappa shape index (κ1) is 8.16. The molecule has 0 aromatic heterocycles. The Bertz CT molecular complexity index is 1120. The van der Waals surface area contributed by atoms with E-state index in [9.17, 15) is 4.79 Å². The average Bonchev–Trinajstić information content (AvgIpc) is 2.80. The molecule has 3 nitrogen and oxygen atoms in total. The van der Waals surface area contributed by atoms with Crippen LogP contribution in [0.3, 0.4) is 0 Å². The Morgan fingerprint density at radius 3 is 2.35 bits per heavy atom. The minimum Gasteiger partial charge on any atom is -0.496 e. The highest BCUT2D eigenvalue weighted by atomic mass is 16.5. The van der Waals surface area contributed by atoms with Crippen LogP contribution >= 0.6 is 0 Å². The minimum atomic E-state index is -4.13. The molecule has 2 aromatic rings. The Kier molecular flexibility index (Phi) is 2.79. The molecule has 0 fully saturated rings. The van der Waals surface area contributed by atoms with Crippen molar-refractivity contribution in [3.8, 4) is 5.75 Å². The second kappa shape index (κ2) is 8.88. The maximum atomic E-state index is 14.1. The zero-order valence-electron chi connectivity index (χ0n) is 28.7. The molecule has 2 rings (SSSR count). The van der Waals surface area contributed by atoms with Gasteiger partial charge in [-0.05, 0) is 46.0 Å². The fourth-order valence-corrected chi connectivity index (χ4v) is 2.85. The highest BCUT2D eigenvalue weighted by Gasteiger charge is 2.27. The third-order valence-corrected chi connectivity index (χ3v) is 4.04. The molecule has 0 N–H and O–H groups in total. The van der Waals surface area contributed by atoms with Gasteiger partial charge in [-0.15, -0.1) is 0 Å². The van der Waals surface area contributed by atoms with Crippen molar-refractivity contribution in [1.29, 1.82) is 0 Å². The van der Waals surface area contributed by atoms with Gasteiger partial charge < -0.3 is 9.64 Å². The van der Waals surface area contributed by atoms with Crippen LogP contribution < -0.4 is 4.74 Å². The highest BCUT2D eigenvalue weighted by molar-refractivity contribution is 5.78. The van der Waals surface area contributed by atoms with Gasteiger partial charge in [0.15, 0.2) is 0 Å². The Morgan fingerprint density at radius 2 is 1.77 bits per heavy atom. The van der Waals surface area contributed by atoms with Gasteiger partial charge in [-0.25, -0.2) is 0 Å². The normalized spacial score (nSPS) is 23.0. The van der Waals surface area contributed by atoms with Gasteiger partial charge in [0.25, 0.3) is 0 Å². The first-order valence-electron chi connectivity index (χ1n) is 15.0. The van der Waals surface area contributed by atoms with Gasteiger partial charge in [-0.1, -0.05) is 48.0 Å². The Hall–Kier alpha value is -2.29. The van der Waals surface area contributed by atoms with Crippen molar-refractivity contribution in [3.05, 3.63) is 65.2 Å². The van der Waals surface area contributed by atoms with Crippen LogP contribution in [0.5, 0.6) is 5.75 Å². The van der Waals surface area contributed by atoms with Crippen LogP contribution in [-0.2, 0) is 4.79 Å². The molecule has 2 aromatic carbocycles. The molecule has 0 bridgehead atoms. The standard InChI is InChI=1S/C23H31NO2/c1-16(2)24(17(3)4)23(25)15-20(19-10-8-7-9-11-19)21-14-18(5)12-13-22(21)26-6/h7-14,16-17,20H,15H2,1-6H3/i1D3,2D3,3D3,4D3,16D,17D. The number of hydrogen-bond acceptors (Lipinski definition) is 2. The molecule has 1 unspecified atom stereocenters. The maximum Gasteiger partial charge on any atom is 0.223 e. The lowest BCUT2D eigenvalue weighted by Gasteiger charge is -2.32. The molecule has 0 aliphatic carbocycles. The molecule has 1 atom stereocenters. The molecule has 0 saturated carbocycles. The Morgan fingerprint density at radius 1 is 1.12 bits per heavy atom. The third kappa shape index (κ3) is 4.66. The van der Waals surface area contributed by atoms with E-state index in [2.05, 4.69) is 0 Å². The molecular weight excluding hydrogens is 322 g/mol. The molecule has 26 heavy (non-hydrogen) atoms. The van der Waals surface area contributed by atoms with Gasteiger partial charge in [0.2, 0.25) is 5.91 Å². The summed E-state index contributed by atoms with van der Waals surface area (Å²) in [5.41, 5.74) is 1.54. The van der Waals surface area contributed by atoms with Crippen LogP contribution in [0.2, 0.25) is 0 Å². The van der Waals surface area contributed by atoms with Crippen LogP contribution in [0.1, 0.15) is 75.6 Å². The Balaban J connectivity index is 2.97. The van der Waals surface area contributed by atoms with Gasteiger partial charge in [-0.2, -0.15) is 0 Å². The fourth-order valence-electron chi connectivity index (χ4n) is 2.85. The number of amides is 1. The van der Waals surface area contributed by atoms with E-state index < -0.39 is 62.6 Å². The van der Waals surface area contributed by atoms with E-state index in [0.717, 1.165) is 5.56 Å². The SMILES string of the molecule is [2H]C([2H])([2H])C([2H])(N(C(=O)CC(c1ccccc1)c1cc(C)ccc1OC)C([2H])(C([2H])([2H])[2H])C([2H])([2H])[2H])C([2H])([2H])[2H]. The lowest BCUT2D eigenvalue weighted by molar-refractivity contribution is -0.135. The monoisotopic (exact) mass is 367 g/mol.